The molecule has 0 bridgehead atoms. The van der Waals surface area contributed by atoms with Crippen molar-refractivity contribution in [1.82, 2.24) is 20.2 Å². The van der Waals surface area contributed by atoms with Crippen molar-refractivity contribution in [1.29, 1.82) is 0 Å². The average molecular weight is 472 g/mol. The number of ether oxygens (including phenoxy) is 2. The number of rotatable bonds is 9. The number of ketones is 1. The topological polar surface area (TPSA) is 139 Å². The molecule has 1 heterocycles. The molecule has 1 aromatic heterocycles. The summed E-state index contributed by atoms with van der Waals surface area (Å²) in [6.07, 6.45) is 4.78. The van der Waals surface area contributed by atoms with E-state index in [1.54, 1.807) is 32.9 Å². The first-order chi connectivity index (χ1) is 16.1. The number of nitrogens with zero attached hydrogens (tertiary/aromatic N) is 4. The Morgan fingerprint density at radius 3 is 2.44 bits per heavy atom. The van der Waals surface area contributed by atoms with Crippen molar-refractivity contribution in [3.63, 3.8) is 0 Å². The molecule has 1 saturated carbocycles. The summed E-state index contributed by atoms with van der Waals surface area (Å²) in [5.74, 6) is -1.61. The average Bonchev–Trinajstić information content (AvgIpc) is 3.27. The highest BCUT2D eigenvalue weighted by molar-refractivity contribution is 6.04. The first kappa shape index (κ1) is 25.5. The highest BCUT2D eigenvalue weighted by Crippen LogP contribution is 2.30. The molecule has 34 heavy (non-hydrogen) atoms. The molecule has 0 amide bonds. The van der Waals surface area contributed by atoms with Crippen molar-refractivity contribution in [2.24, 2.45) is 5.73 Å². The van der Waals surface area contributed by atoms with Crippen LogP contribution in [0.5, 0.6) is 0 Å². The van der Waals surface area contributed by atoms with Gasteiger partial charge in [-0.15, -0.1) is 15.0 Å². The maximum Gasteiger partial charge on any atom is 0.341 e. The number of aromatic nitrogens is 4. The van der Waals surface area contributed by atoms with Gasteiger partial charge in [0.25, 0.3) is 0 Å². The molecule has 1 aromatic carbocycles. The van der Waals surface area contributed by atoms with Gasteiger partial charge in [-0.3, -0.25) is 9.59 Å². The molecule has 1 aliphatic carbocycles. The molecule has 2 unspecified atom stereocenters. The lowest BCUT2D eigenvalue weighted by molar-refractivity contribution is -0.158. The molecule has 0 aliphatic heterocycles. The van der Waals surface area contributed by atoms with Crippen LogP contribution in [0.1, 0.15) is 82.6 Å². The molecular formula is C24H33N5O5. The Morgan fingerprint density at radius 2 is 1.79 bits per heavy atom. The maximum absolute atomic E-state index is 13.2. The number of benzene rings is 1. The molecule has 2 atom stereocenters. The minimum atomic E-state index is -1.55. The molecule has 1 aliphatic rings. The van der Waals surface area contributed by atoms with Gasteiger partial charge in [-0.05, 0) is 44.4 Å². The highest BCUT2D eigenvalue weighted by atomic mass is 16.6. The molecule has 2 aromatic rings. The van der Waals surface area contributed by atoms with Crippen molar-refractivity contribution < 1.29 is 23.9 Å². The van der Waals surface area contributed by atoms with Crippen LogP contribution in [0.25, 0.3) is 0 Å². The summed E-state index contributed by atoms with van der Waals surface area (Å²) >= 11 is 0. The van der Waals surface area contributed by atoms with Gasteiger partial charge in [-0.1, -0.05) is 49.6 Å². The number of carbonyl (C=O) groups is 3. The highest BCUT2D eigenvalue weighted by Gasteiger charge is 2.38. The number of Topliss-reactive ketones (excluding diaryl/α,β-unsaturated/α-hetero) is 1. The third kappa shape index (κ3) is 7.18. The van der Waals surface area contributed by atoms with E-state index in [0.29, 0.717) is 5.82 Å². The maximum atomic E-state index is 13.2. The summed E-state index contributed by atoms with van der Waals surface area (Å²) in [6, 6.07) is 6.23. The molecule has 10 nitrogen and oxygen atoms in total. The molecule has 1 fully saturated rings. The molecule has 0 radical (unpaired) electrons. The zero-order valence-corrected chi connectivity index (χ0v) is 20.0. The van der Waals surface area contributed by atoms with E-state index < -0.39 is 35.4 Å². The van der Waals surface area contributed by atoms with Crippen LogP contribution < -0.4 is 5.73 Å². The summed E-state index contributed by atoms with van der Waals surface area (Å²) in [5, 5.41) is 12.4. The van der Waals surface area contributed by atoms with E-state index in [9.17, 15) is 14.4 Å². The third-order valence-electron chi connectivity index (χ3n) is 5.53. The van der Waals surface area contributed by atoms with E-state index in [1.807, 2.05) is 18.2 Å². The Morgan fingerprint density at radius 1 is 1.12 bits per heavy atom. The van der Waals surface area contributed by atoms with Gasteiger partial charge >= 0.3 is 11.9 Å². The van der Waals surface area contributed by atoms with Crippen LogP contribution in [0, 0.1) is 0 Å². The zero-order chi connectivity index (χ0) is 24.7. The van der Waals surface area contributed by atoms with Gasteiger partial charge in [0.1, 0.15) is 12.2 Å². The number of esters is 2. The van der Waals surface area contributed by atoms with Gasteiger partial charge in [-0.25, -0.2) is 4.79 Å². The fraction of sp³-hybridized carbons (Fsp3) is 0.583. The van der Waals surface area contributed by atoms with Crippen molar-refractivity contribution in [2.75, 3.05) is 0 Å². The number of hydrogen-bond acceptors (Lipinski definition) is 9. The van der Waals surface area contributed by atoms with Crippen LogP contribution in [0.2, 0.25) is 0 Å². The van der Waals surface area contributed by atoms with Crippen LogP contribution >= 0.6 is 0 Å². The fourth-order valence-corrected chi connectivity index (χ4v) is 3.87. The van der Waals surface area contributed by atoms with Crippen LogP contribution in [-0.2, 0) is 30.5 Å². The lowest BCUT2D eigenvalue weighted by Gasteiger charge is -2.22. The second kappa shape index (κ2) is 11.3. The van der Waals surface area contributed by atoms with Gasteiger partial charge in [0, 0.05) is 5.92 Å². The Hall–Kier alpha value is -3.14. The standard InChI is InChI=1S/C24H33N5O5/c1-24(2,3)34-19(30)14-18(25)21(31)20(23(32)33-15-16-10-6-4-7-11-16)29-27-22(26-28-29)17-12-8-5-9-13-17/h4,6-7,10-11,17-18,20H,5,8-9,12-15,25H2,1-3H3. The molecule has 0 spiro atoms. The molecular weight excluding hydrogens is 438 g/mol. The fourth-order valence-electron chi connectivity index (χ4n) is 3.87. The van der Waals surface area contributed by atoms with Crippen LogP contribution in [-0.4, -0.2) is 49.6 Å². The molecule has 0 saturated heterocycles. The van der Waals surface area contributed by atoms with Crippen LogP contribution in [0.4, 0.5) is 0 Å². The minimum absolute atomic E-state index is 0.0328. The Labute approximate surface area is 199 Å². The first-order valence-corrected chi connectivity index (χ1v) is 11.6. The van der Waals surface area contributed by atoms with Crippen molar-refractivity contribution in [3.05, 3.63) is 41.7 Å². The summed E-state index contributed by atoms with van der Waals surface area (Å²) < 4.78 is 10.7. The first-order valence-electron chi connectivity index (χ1n) is 11.6. The van der Waals surface area contributed by atoms with Crippen molar-refractivity contribution in [2.45, 2.75) is 89.5 Å². The summed E-state index contributed by atoms with van der Waals surface area (Å²) in [5.41, 5.74) is 6.06. The lowest BCUT2D eigenvalue weighted by Crippen LogP contribution is -2.43. The smallest absolute Gasteiger partial charge is 0.341 e. The van der Waals surface area contributed by atoms with Crippen LogP contribution in [0.15, 0.2) is 30.3 Å². The molecule has 184 valence electrons. The summed E-state index contributed by atoms with van der Waals surface area (Å²) in [4.78, 5) is 39.4. The predicted octanol–water partition coefficient (Wildman–Crippen LogP) is 2.63. The van der Waals surface area contributed by atoms with Gasteiger partial charge in [-0.2, -0.15) is 0 Å². The van der Waals surface area contributed by atoms with E-state index >= 15 is 0 Å². The quantitative estimate of drug-likeness (QED) is 0.432. The molecule has 2 N–H and O–H groups in total. The normalized spacial score (nSPS) is 16.5. The molecule has 3 rings (SSSR count). The number of hydrogen-bond donors (Lipinski definition) is 1. The van der Waals surface area contributed by atoms with E-state index in [1.165, 1.54) is 0 Å². The summed E-state index contributed by atoms with van der Waals surface area (Å²) in [7, 11) is 0. The Balaban J connectivity index is 1.78. The predicted molar refractivity (Wildman–Crippen MR) is 122 cm³/mol. The number of tetrazole rings is 1. The van der Waals surface area contributed by atoms with E-state index in [0.717, 1.165) is 42.5 Å². The second-order valence-electron chi connectivity index (χ2n) is 9.60. The zero-order valence-electron chi connectivity index (χ0n) is 20.0. The van der Waals surface area contributed by atoms with E-state index in [4.69, 9.17) is 15.2 Å². The van der Waals surface area contributed by atoms with Crippen molar-refractivity contribution in [3.8, 4) is 0 Å². The largest absolute Gasteiger partial charge is 0.460 e. The van der Waals surface area contributed by atoms with Gasteiger partial charge in [0.05, 0.1) is 12.5 Å². The summed E-state index contributed by atoms with van der Waals surface area (Å²) in [6.45, 7) is 5.12. The number of carbonyl (C=O) groups excluding carboxylic acids is 3. The Kier molecular flexibility index (Phi) is 8.49. The SMILES string of the molecule is CC(C)(C)OC(=O)CC(N)C(=O)C(C(=O)OCc1ccccc1)n1nnc(C2CCCCC2)n1. The van der Waals surface area contributed by atoms with E-state index in [2.05, 4.69) is 15.4 Å². The minimum Gasteiger partial charge on any atom is -0.460 e. The molecule has 10 heteroatoms. The van der Waals surface area contributed by atoms with Crippen molar-refractivity contribution >= 4 is 17.7 Å². The lowest BCUT2D eigenvalue weighted by atomic mass is 9.89. The van der Waals surface area contributed by atoms with E-state index in [-0.39, 0.29) is 18.9 Å². The van der Waals surface area contributed by atoms with Gasteiger partial charge in [0.2, 0.25) is 6.04 Å². The van der Waals surface area contributed by atoms with Crippen LogP contribution in [0.3, 0.4) is 0 Å². The third-order valence-corrected chi connectivity index (χ3v) is 5.53. The second-order valence-corrected chi connectivity index (χ2v) is 9.60. The van der Waals surface area contributed by atoms with Gasteiger partial charge < -0.3 is 15.2 Å². The monoisotopic (exact) mass is 471 g/mol. The Bertz CT molecular complexity index is 979. The van der Waals surface area contributed by atoms with Gasteiger partial charge in [0.15, 0.2) is 11.6 Å². The number of nitrogens with two attached hydrogens (primary N) is 1.